The highest BCUT2D eigenvalue weighted by Gasteiger charge is 2.21. The summed E-state index contributed by atoms with van der Waals surface area (Å²) in [6.07, 6.45) is 2.64. The SMILES string of the molecule is CC(=O)N1CCN(CC2=COc3cc(O)ccc3C2)CC1. The summed E-state index contributed by atoms with van der Waals surface area (Å²) < 4.78 is 5.60. The van der Waals surface area contributed by atoms with Crippen LogP contribution < -0.4 is 4.74 Å². The van der Waals surface area contributed by atoms with E-state index in [-0.39, 0.29) is 11.7 Å². The first-order valence-electron chi connectivity index (χ1n) is 7.26. The molecule has 1 saturated heterocycles. The molecule has 0 aliphatic carbocycles. The maximum absolute atomic E-state index is 11.3. The van der Waals surface area contributed by atoms with Gasteiger partial charge in [0, 0.05) is 52.1 Å². The summed E-state index contributed by atoms with van der Waals surface area (Å²) in [6, 6.07) is 5.25. The molecule has 112 valence electrons. The van der Waals surface area contributed by atoms with Crippen LogP contribution in [0.5, 0.6) is 11.5 Å². The largest absolute Gasteiger partial charge is 0.508 e. The van der Waals surface area contributed by atoms with Crippen LogP contribution >= 0.6 is 0 Å². The lowest BCUT2D eigenvalue weighted by Gasteiger charge is -2.35. The molecule has 0 atom stereocenters. The summed E-state index contributed by atoms with van der Waals surface area (Å²) in [6.45, 7) is 5.89. The zero-order valence-corrected chi connectivity index (χ0v) is 12.2. The van der Waals surface area contributed by atoms with Crippen LogP contribution in [0.4, 0.5) is 0 Å². The van der Waals surface area contributed by atoms with Gasteiger partial charge in [-0.2, -0.15) is 0 Å². The third-order valence-corrected chi connectivity index (χ3v) is 4.07. The molecule has 0 spiro atoms. The first kappa shape index (κ1) is 13.9. The summed E-state index contributed by atoms with van der Waals surface area (Å²) in [5.74, 6) is 1.12. The minimum Gasteiger partial charge on any atom is -0.508 e. The van der Waals surface area contributed by atoms with Crippen molar-refractivity contribution in [2.24, 2.45) is 0 Å². The average molecular weight is 288 g/mol. The maximum Gasteiger partial charge on any atom is 0.219 e. The maximum atomic E-state index is 11.3. The van der Waals surface area contributed by atoms with Crippen molar-refractivity contribution in [1.29, 1.82) is 0 Å². The third-order valence-electron chi connectivity index (χ3n) is 4.07. The van der Waals surface area contributed by atoms with Crippen molar-refractivity contribution in [3.63, 3.8) is 0 Å². The fourth-order valence-electron chi connectivity index (χ4n) is 2.83. The Kier molecular flexibility index (Phi) is 3.84. The number of amides is 1. The molecule has 1 aromatic rings. The Morgan fingerprint density at radius 2 is 2.05 bits per heavy atom. The number of rotatable bonds is 2. The van der Waals surface area contributed by atoms with Crippen LogP contribution in [-0.4, -0.2) is 53.5 Å². The van der Waals surface area contributed by atoms with Crippen molar-refractivity contribution in [3.05, 3.63) is 35.6 Å². The Hall–Kier alpha value is -2.01. The normalized spacial score (nSPS) is 18.7. The van der Waals surface area contributed by atoms with E-state index in [1.807, 2.05) is 11.0 Å². The first-order chi connectivity index (χ1) is 10.1. The molecule has 2 aliphatic heterocycles. The van der Waals surface area contributed by atoms with Crippen molar-refractivity contribution in [1.82, 2.24) is 9.80 Å². The van der Waals surface area contributed by atoms with Gasteiger partial charge in [0.1, 0.15) is 11.5 Å². The molecule has 21 heavy (non-hydrogen) atoms. The van der Waals surface area contributed by atoms with Crippen molar-refractivity contribution in [2.45, 2.75) is 13.3 Å². The monoisotopic (exact) mass is 288 g/mol. The predicted molar refractivity (Wildman–Crippen MR) is 79.2 cm³/mol. The second kappa shape index (κ2) is 5.77. The molecule has 0 saturated carbocycles. The second-order valence-corrected chi connectivity index (χ2v) is 5.64. The van der Waals surface area contributed by atoms with Crippen LogP contribution in [0.15, 0.2) is 30.0 Å². The summed E-state index contributed by atoms with van der Waals surface area (Å²) in [5.41, 5.74) is 2.33. The predicted octanol–water partition coefficient (Wildman–Crippen LogP) is 1.38. The number of fused-ring (bicyclic) bond motifs is 1. The summed E-state index contributed by atoms with van der Waals surface area (Å²) in [7, 11) is 0. The molecule has 1 N–H and O–H groups in total. The van der Waals surface area contributed by atoms with E-state index in [0.717, 1.165) is 50.5 Å². The Morgan fingerprint density at radius 3 is 2.76 bits per heavy atom. The molecule has 2 aliphatic rings. The molecule has 0 unspecified atom stereocenters. The highest BCUT2D eigenvalue weighted by atomic mass is 16.5. The zero-order chi connectivity index (χ0) is 14.8. The van der Waals surface area contributed by atoms with Gasteiger partial charge in [0.2, 0.25) is 5.91 Å². The molecule has 1 fully saturated rings. The van der Waals surface area contributed by atoms with Gasteiger partial charge in [-0.05, 0) is 17.2 Å². The fraction of sp³-hybridized carbons (Fsp3) is 0.438. The molecule has 1 amide bonds. The number of piperazine rings is 1. The van der Waals surface area contributed by atoms with Crippen LogP contribution in [0.3, 0.4) is 0 Å². The van der Waals surface area contributed by atoms with E-state index in [4.69, 9.17) is 4.74 Å². The minimum absolute atomic E-state index is 0.156. The van der Waals surface area contributed by atoms with Gasteiger partial charge in [0.15, 0.2) is 0 Å². The molecular formula is C16H20N2O3. The Bertz CT molecular complexity index is 575. The van der Waals surface area contributed by atoms with Gasteiger partial charge in [0.25, 0.3) is 0 Å². The van der Waals surface area contributed by atoms with Gasteiger partial charge in [-0.3, -0.25) is 9.69 Å². The molecule has 2 heterocycles. The van der Waals surface area contributed by atoms with Gasteiger partial charge >= 0.3 is 0 Å². The molecular weight excluding hydrogens is 268 g/mol. The quantitative estimate of drug-likeness (QED) is 0.893. The van der Waals surface area contributed by atoms with E-state index < -0.39 is 0 Å². The van der Waals surface area contributed by atoms with Crippen LogP contribution in [0.1, 0.15) is 12.5 Å². The fourth-order valence-corrected chi connectivity index (χ4v) is 2.83. The molecule has 0 radical (unpaired) electrons. The van der Waals surface area contributed by atoms with E-state index in [1.54, 1.807) is 25.3 Å². The number of nitrogens with zero attached hydrogens (tertiary/aromatic N) is 2. The lowest BCUT2D eigenvalue weighted by atomic mass is 10.0. The number of ether oxygens (including phenoxy) is 1. The van der Waals surface area contributed by atoms with E-state index in [0.29, 0.717) is 0 Å². The lowest BCUT2D eigenvalue weighted by Crippen LogP contribution is -2.48. The number of aromatic hydroxyl groups is 1. The number of carbonyl (C=O) groups excluding carboxylic acids is 1. The standard InChI is InChI=1S/C16H20N2O3/c1-12(19)18-6-4-17(5-7-18)10-13-8-14-2-3-15(20)9-16(14)21-11-13/h2-3,9,11,20H,4-8,10H2,1H3. The van der Waals surface area contributed by atoms with Crippen LogP contribution in [0.2, 0.25) is 0 Å². The van der Waals surface area contributed by atoms with Gasteiger partial charge in [0.05, 0.1) is 6.26 Å². The first-order valence-corrected chi connectivity index (χ1v) is 7.26. The van der Waals surface area contributed by atoms with Gasteiger partial charge in [-0.25, -0.2) is 0 Å². The number of phenolic OH excluding ortho intramolecular Hbond substituents is 1. The van der Waals surface area contributed by atoms with Crippen molar-refractivity contribution >= 4 is 5.91 Å². The van der Waals surface area contributed by atoms with E-state index in [1.165, 1.54) is 5.57 Å². The minimum atomic E-state index is 0.156. The lowest BCUT2D eigenvalue weighted by molar-refractivity contribution is -0.130. The highest BCUT2D eigenvalue weighted by molar-refractivity contribution is 5.73. The second-order valence-electron chi connectivity index (χ2n) is 5.64. The van der Waals surface area contributed by atoms with E-state index in [9.17, 15) is 9.90 Å². The summed E-state index contributed by atoms with van der Waals surface area (Å²) in [5, 5.41) is 9.44. The number of phenols is 1. The van der Waals surface area contributed by atoms with Gasteiger partial charge in [-0.1, -0.05) is 6.07 Å². The van der Waals surface area contributed by atoms with Crippen LogP contribution in [0, 0.1) is 0 Å². The smallest absolute Gasteiger partial charge is 0.219 e. The summed E-state index contributed by atoms with van der Waals surface area (Å²) >= 11 is 0. The number of carbonyl (C=O) groups is 1. The van der Waals surface area contributed by atoms with Crippen LogP contribution in [0.25, 0.3) is 0 Å². The molecule has 0 bridgehead atoms. The van der Waals surface area contributed by atoms with Crippen molar-refractivity contribution in [3.8, 4) is 11.5 Å². The van der Waals surface area contributed by atoms with Gasteiger partial charge < -0.3 is 14.7 Å². The molecule has 0 aromatic heterocycles. The van der Waals surface area contributed by atoms with Crippen molar-refractivity contribution in [2.75, 3.05) is 32.7 Å². The Morgan fingerprint density at radius 1 is 1.29 bits per heavy atom. The molecule has 3 rings (SSSR count). The molecule has 5 nitrogen and oxygen atoms in total. The number of hydrogen-bond donors (Lipinski definition) is 1. The number of hydrogen-bond acceptors (Lipinski definition) is 4. The zero-order valence-electron chi connectivity index (χ0n) is 12.2. The van der Waals surface area contributed by atoms with Crippen LogP contribution in [-0.2, 0) is 11.2 Å². The van der Waals surface area contributed by atoms with Gasteiger partial charge in [-0.15, -0.1) is 0 Å². The van der Waals surface area contributed by atoms with Crippen molar-refractivity contribution < 1.29 is 14.6 Å². The highest BCUT2D eigenvalue weighted by Crippen LogP contribution is 2.30. The topological polar surface area (TPSA) is 53.0 Å². The van der Waals surface area contributed by atoms with E-state index in [2.05, 4.69) is 4.90 Å². The molecule has 1 aromatic carbocycles. The Balaban J connectivity index is 1.57. The third kappa shape index (κ3) is 3.19. The number of benzene rings is 1. The average Bonchev–Trinajstić information content (AvgIpc) is 2.48. The Labute approximate surface area is 124 Å². The summed E-state index contributed by atoms with van der Waals surface area (Å²) in [4.78, 5) is 15.6. The van der Waals surface area contributed by atoms with E-state index >= 15 is 0 Å². The molecule has 5 heteroatoms.